The van der Waals surface area contributed by atoms with Crippen LogP contribution in [0.15, 0.2) is 155 Å². The van der Waals surface area contributed by atoms with E-state index in [0.717, 1.165) is 0 Å². The van der Waals surface area contributed by atoms with Gasteiger partial charge in [0.2, 0.25) is 0 Å². The van der Waals surface area contributed by atoms with Crippen molar-refractivity contribution in [2.24, 2.45) is 0 Å². The molecule has 0 saturated carbocycles. The molecule has 48 heavy (non-hydrogen) atoms. The molecule has 226 valence electrons. The van der Waals surface area contributed by atoms with E-state index in [2.05, 4.69) is 169 Å². The van der Waals surface area contributed by atoms with Crippen LogP contribution in [0.3, 0.4) is 0 Å². The van der Waals surface area contributed by atoms with Crippen LogP contribution in [0.5, 0.6) is 0 Å². The number of fused-ring (bicyclic) bond motifs is 14. The number of para-hydroxylation sites is 2. The van der Waals surface area contributed by atoms with Gasteiger partial charge in [0.15, 0.2) is 0 Å². The van der Waals surface area contributed by atoms with Crippen molar-refractivity contribution in [3.63, 3.8) is 0 Å². The third kappa shape index (κ3) is 3.20. The zero-order valence-electron chi connectivity index (χ0n) is 26.7. The van der Waals surface area contributed by atoms with Gasteiger partial charge in [-0.25, -0.2) is 0 Å². The fourth-order valence-electron chi connectivity index (χ4n) is 8.98. The zero-order valence-corrected chi connectivity index (χ0v) is 27.5. The lowest BCUT2D eigenvalue weighted by molar-refractivity contribution is 0.690. The second-order valence-corrected chi connectivity index (χ2v) is 14.6. The highest BCUT2D eigenvalue weighted by Gasteiger charge is 2.50. The summed E-state index contributed by atoms with van der Waals surface area (Å²) < 4.78 is 2.46. The molecule has 2 aromatic heterocycles. The maximum absolute atomic E-state index is 2.55. The normalized spacial score (nSPS) is 14.5. The summed E-state index contributed by atoms with van der Waals surface area (Å²) in [6, 6.07) is 55.0. The Labute approximate surface area is 283 Å². The molecular weight excluding hydrogens is 601 g/mol. The molecule has 0 fully saturated rings. The van der Waals surface area contributed by atoms with Gasteiger partial charge in [0.05, 0.1) is 33.3 Å². The van der Waals surface area contributed by atoms with E-state index < -0.39 is 5.41 Å². The molecule has 0 saturated heterocycles. The molecule has 11 rings (SSSR count). The maximum atomic E-state index is 2.55. The Morgan fingerprint density at radius 2 is 0.938 bits per heavy atom. The molecule has 0 unspecified atom stereocenters. The third-order valence-electron chi connectivity index (χ3n) is 10.8. The zero-order chi connectivity index (χ0) is 31.7. The number of benzene rings is 7. The summed E-state index contributed by atoms with van der Waals surface area (Å²) >= 11 is 1.90. The molecule has 1 spiro atoms. The van der Waals surface area contributed by atoms with Gasteiger partial charge in [0, 0.05) is 37.0 Å². The second kappa shape index (κ2) is 9.31. The molecule has 9 aromatic rings. The molecule has 7 aromatic carbocycles. The standard InChI is InChI=1S/C45H30N2S/c1-27-19-21-40-36(23-27)45(34-13-5-9-17-42(34)48-43-18-10-6-14-35(43)45)37-24-28(2)20-22-41(37)46(40)29-25-32-30-11-3-7-15-38(30)47-39-16-8-4-12-31(39)33(26-29)44(32)47/h3-26H,1-2H3. The predicted octanol–water partition coefficient (Wildman–Crippen LogP) is 12.1. The summed E-state index contributed by atoms with van der Waals surface area (Å²) in [5.41, 5.74) is 14.9. The predicted molar refractivity (Wildman–Crippen MR) is 201 cm³/mol. The second-order valence-electron chi connectivity index (χ2n) is 13.5. The summed E-state index contributed by atoms with van der Waals surface area (Å²) in [4.78, 5) is 5.19. The Bertz CT molecular complexity index is 2620. The van der Waals surface area contributed by atoms with Gasteiger partial charge in [-0.3, -0.25) is 0 Å². The van der Waals surface area contributed by atoms with Crippen LogP contribution in [0, 0.1) is 13.8 Å². The first-order valence-electron chi connectivity index (χ1n) is 16.7. The van der Waals surface area contributed by atoms with Gasteiger partial charge >= 0.3 is 0 Å². The highest BCUT2D eigenvalue weighted by Crippen LogP contribution is 2.63. The fraction of sp³-hybridized carbons (Fsp3) is 0.0667. The Hall–Kier alpha value is -5.51. The number of hydrogen-bond acceptors (Lipinski definition) is 2. The lowest BCUT2D eigenvalue weighted by Gasteiger charge is -2.49. The first kappa shape index (κ1) is 26.5. The molecule has 2 nitrogen and oxygen atoms in total. The van der Waals surface area contributed by atoms with Crippen molar-refractivity contribution in [2.75, 3.05) is 4.90 Å². The number of rotatable bonds is 1. The van der Waals surface area contributed by atoms with Crippen LogP contribution in [0.1, 0.15) is 33.4 Å². The van der Waals surface area contributed by atoms with Crippen molar-refractivity contribution in [2.45, 2.75) is 29.1 Å². The monoisotopic (exact) mass is 630 g/mol. The average molecular weight is 631 g/mol. The van der Waals surface area contributed by atoms with E-state index in [1.807, 2.05) is 11.8 Å². The summed E-state index contributed by atoms with van der Waals surface area (Å²) in [5, 5.41) is 5.17. The first-order valence-corrected chi connectivity index (χ1v) is 17.5. The van der Waals surface area contributed by atoms with E-state index in [1.165, 1.54) is 98.3 Å². The number of aryl methyl sites for hydroxylation is 2. The van der Waals surface area contributed by atoms with E-state index in [-0.39, 0.29) is 0 Å². The Kier molecular flexibility index (Phi) is 5.15. The van der Waals surface area contributed by atoms with E-state index in [0.29, 0.717) is 0 Å². The third-order valence-corrected chi connectivity index (χ3v) is 12.0. The van der Waals surface area contributed by atoms with Gasteiger partial charge < -0.3 is 9.30 Å². The molecule has 2 aliphatic heterocycles. The molecule has 0 amide bonds. The minimum Gasteiger partial charge on any atom is -0.310 e. The highest BCUT2D eigenvalue weighted by atomic mass is 32.2. The van der Waals surface area contributed by atoms with E-state index >= 15 is 0 Å². The molecule has 3 heteroatoms. The minimum absolute atomic E-state index is 0.457. The van der Waals surface area contributed by atoms with Crippen LogP contribution >= 0.6 is 11.8 Å². The maximum Gasteiger partial charge on any atom is 0.0764 e. The SMILES string of the molecule is Cc1ccc2c(c1)C1(c3ccccc3Sc3ccccc31)c1cc(C)ccc1N2c1cc2c3ccccc3n3c4ccccc4c(c1)c23. The van der Waals surface area contributed by atoms with Gasteiger partial charge in [-0.1, -0.05) is 120 Å². The van der Waals surface area contributed by atoms with Crippen LogP contribution in [-0.2, 0) is 5.41 Å². The van der Waals surface area contributed by atoms with Crippen molar-refractivity contribution >= 4 is 66.9 Å². The van der Waals surface area contributed by atoms with Crippen LogP contribution in [-0.4, -0.2) is 4.40 Å². The van der Waals surface area contributed by atoms with E-state index in [4.69, 9.17) is 0 Å². The lowest BCUT2D eigenvalue weighted by atomic mass is 9.61. The Morgan fingerprint density at radius 1 is 0.458 bits per heavy atom. The minimum atomic E-state index is -0.457. The number of aromatic nitrogens is 1. The van der Waals surface area contributed by atoms with Crippen molar-refractivity contribution < 1.29 is 0 Å². The van der Waals surface area contributed by atoms with Crippen molar-refractivity contribution in [3.05, 3.63) is 179 Å². The summed E-state index contributed by atoms with van der Waals surface area (Å²) in [6.07, 6.45) is 0. The molecular formula is C45H30N2S. The van der Waals surface area contributed by atoms with Crippen LogP contribution in [0.4, 0.5) is 17.1 Å². The topological polar surface area (TPSA) is 7.65 Å². The van der Waals surface area contributed by atoms with Gasteiger partial charge in [0.25, 0.3) is 0 Å². The number of anilines is 3. The number of nitrogens with zero attached hydrogens (tertiary/aromatic N) is 2. The largest absolute Gasteiger partial charge is 0.310 e. The van der Waals surface area contributed by atoms with Crippen molar-refractivity contribution in [1.29, 1.82) is 0 Å². The smallest absolute Gasteiger partial charge is 0.0764 e. The van der Waals surface area contributed by atoms with Crippen LogP contribution in [0.2, 0.25) is 0 Å². The van der Waals surface area contributed by atoms with Gasteiger partial charge in [0.1, 0.15) is 0 Å². The summed E-state index contributed by atoms with van der Waals surface area (Å²) in [5.74, 6) is 0. The highest BCUT2D eigenvalue weighted by molar-refractivity contribution is 7.99. The summed E-state index contributed by atoms with van der Waals surface area (Å²) in [6.45, 7) is 4.47. The fourth-order valence-corrected chi connectivity index (χ4v) is 10.2. The molecule has 0 atom stereocenters. The summed E-state index contributed by atoms with van der Waals surface area (Å²) in [7, 11) is 0. The molecule has 0 bridgehead atoms. The first-order chi connectivity index (χ1) is 23.6. The van der Waals surface area contributed by atoms with Crippen molar-refractivity contribution in [3.8, 4) is 0 Å². The van der Waals surface area contributed by atoms with Gasteiger partial charge in [-0.15, -0.1) is 0 Å². The molecule has 0 radical (unpaired) electrons. The van der Waals surface area contributed by atoms with E-state index in [9.17, 15) is 0 Å². The average Bonchev–Trinajstić information content (AvgIpc) is 3.64. The molecule has 0 aliphatic carbocycles. The molecule has 4 heterocycles. The van der Waals surface area contributed by atoms with E-state index in [1.54, 1.807) is 0 Å². The molecule has 2 aliphatic rings. The Morgan fingerprint density at radius 3 is 1.48 bits per heavy atom. The Balaban J connectivity index is 1.31. The number of hydrogen-bond donors (Lipinski definition) is 0. The quantitative estimate of drug-likeness (QED) is 0.178. The van der Waals surface area contributed by atoms with Crippen LogP contribution < -0.4 is 4.90 Å². The van der Waals surface area contributed by atoms with Crippen molar-refractivity contribution in [1.82, 2.24) is 4.40 Å². The lowest BCUT2D eigenvalue weighted by Crippen LogP contribution is -2.39. The molecule has 0 N–H and O–H groups in total. The van der Waals surface area contributed by atoms with Gasteiger partial charge in [-0.05, 0) is 84.6 Å². The van der Waals surface area contributed by atoms with Crippen LogP contribution in [0.25, 0.3) is 38.1 Å². The van der Waals surface area contributed by atoms with Gasteiger partial charge in [-0.2, -0.15) is 0 Å².